The molecule has 6 heteroatoms. The van der Waals surface area contributed by atoms with E-state index >= 15 is 0 Å². The van der Waals surface area contributed by atoms with Crippen LogP contribution in [0.1, 0.15) is 25.3 Å². The van der Waals surface area contributed by atoms with Crippen LogP contribution in [0.25, 0.3) is 0 Å². The molecule has 0 fully saturated rings. The zero-order valence-electron chi connectivity index (χ0n) is 16.0. The van der Waals surface area contributed by atoms with Crippen molar-refractivity contribution >= 4 is 18.4 Å². The molecule has 0 radical (unpaired) electrons. The fourth-order valence-electron chi connectivity index (χ4n) is 2.57. The van der Waals surface area contributed by atoms with E-state index in [-0.39, 0.29) is 5.92 Å². The van der Waals surface area contributed by atoms with Gasteiger partial charge in [-0.1, -0.05) is 32.0 Å². The van der Waals surface area contributed by atoms with E-state index in [0.717, 1.165) is 5.69 Å². The van der Waals surface area contributed by atoms with E-state index in [2.05, 4.69) is 0 Å². The molecular weight excluding hydrogens is 349 g/mol. The molecule has 0 saturated carbocycles. The maximum Gasteiger partial charge on any atom is 0.264 e. The Balaban J connectivity index is 2.48. The third-order valence-corrected chi connectivity index (χ3v) is 6.54. The van der Waals surface area contributed by atoms with Crippen LogP contribution >= 0.6 is 7.37 Å². The normalized spacial score (nSPS) is 14.7. The Morgan fingerprint density at radius 1 is 1.08 bits per heavy atom. The topological polar surface area (TPSA) is 59.0 Å². The smallest absolute Gasteiger partial charge is 0.264 e. The van der Waals surface area contributed by atoms with E-state index in [4.69, 9.17) is 9.26 Å². The third kappa shape index (κ3) is 4.47. The van der Waals surface area contributed by atoms with Crippen LogP contribution in [0, 0.1) is 5.92 Å². The molecule has 142 valence electrons. The second kappa shape index (κ2) is 8.72. The zero-order valence-corrected chi connectivity index (χ0v) is 16.9. The van der Waals surface area contributed by atoms with Gasteiger partial charge in [0, 0.05) is 30.7 Å². The number of benzene rings is 2. The largest absolute Gasteiger partial charge is 0.496 e. The number of aliphatic hydroxyl groups excluding tert-OH is 1. The molecule has 5 nitrogen and oxygen atoms in total. The average Bonchev–Trinajstić information content (AvgIpc) is 2.65. The monoisotopic (exact) mass is 377 g/mol. The molecule has 0 spiro atoms. The summed E-state index contributed by atoms with van der Waals surface area (Å²) in [5, 5.41) is 11.5. The second-order valence-corrected chi connectivity index (χ2v) is 9.27. The van der Waals surface area contributed by atoms with Crippen LogP contribution < -0.4 is 14.9 Å². The lowest BCUT2D eigenvalue weighted by Gasteiger charge is -2.26. The van der Waals surface area contributed by atoms with Crippen molar-refractivity contribution in [3.8, 4) is 5.75 Å². The van der Waals surface area contributed by atoms with Crippen LogP contribution in [0.4, 0.5) is 5.69 Å². The Morgan fingerprint density at radius 2 is 1.69 bits per heavy atom. The molecule has 2 aromatic carbocycles. The van der Waals surface area contributed by atoms with Crippen molar-refractivity contribution in [3.63, 3.8) is 0 Å². The summed E-state index contributed by atoms with van der Waals surface area (Å²) in [5.41, 5.74) is 1.44. The first kappa shape index (κ1) is 20.5. The minimum atomic E-state index is -3.57. The Labute approximate surface area is 156 Å². The van der Waals surface area contributed by atoms with E-state index in [0.29, 0.717) is 23.2 Å². The lowest BCUT2D eigenvalue weighted by atomic mass is 10.2. The van der Waals surface area contributed by atoms with E-state index < -0.39 is 13.2 Å². The summed E-state index contributed by atoms with van der Waals surface area (Å²) in [6.45, 7) is 4.25. The highest BCUT2D eigenvalue weighted by Gasteiger charge is 2.38. The van der Waals surface area contributed by atoms with Gasteiger partial charge in [0.1, 0.15) is 5.75 Å². The molecule has 0 aliphatic carbocycles. The summed E-state index contributed by atoms with van der Waals surface area (Å²) in [7, 11) is 1.83. The molecule has 0 heterocycles. The van der Waals surface area contributed by atoms with Gasteiger partial charge in [0.25, 0.3) is 7.37 Å². The number of methoxy groups -OCH3 is 1. The highest BCUT2D eigenvalue weighted by molar-refractivity contribution is 7.67. The van der Waals surface area contributed by atoms with Crippen LogP contribution in [0.3, 0.4) is 0 Å². The van der Waals surface area contributed by atoms with Crippen molar-refractivity contribution in [3.05, 3.63) is 54.1 Å². The standard InChI is InChI=1S/C20H28NO4P/c1-15(2)14-25-26(23,17-12-10-16(11-13-17)21(3)4)20(22)18-8-6-7-9-19(18)24-5/h6-13,15,20,22H,14H2,1-5H3. The minimum Gasteiger partial charge on any atom is -0.496 e. The number of ether oxygens (including phenoxy) is 1. The van der Waals surface area contributed by atoms with E-state index in [1.54, 1.807) is 36.4 Å². The fraction of sp³-hybridized carbons (Fsp3) is 0.400. The molecule has 2 unspecified atom stereocenters. The maximum atomic E-state index is 13.8. The first-order valence-corrected chi connectivity index (χ1v) is 10.3. The van der Waals surface area contributed by atoms with Gasteiger partial charge < -0.3 is 19.3 Å². The predicted octanol–water partition coefficient (Wildman–Crippen LogP) is 4.03. The second-order valence-electron chi connectivity index (χ2n) is 6.81. The van der Waals surface area contributed by atoms with Gasteiger partial charge >= 0.3 is 0 Å². The SMILES string of the molecule is COc1ccccc1C(O)P(=O)(OCC(C)C)c1ccc(N(C)C)cc1. The van der Waals surface area contributed by atoms with Crippen LogP contribution in [0.15, 0.2) is 48.5 Å². The Hall–Kier alpha value is -1.81. The highest BCUT2D eigenvalue weighted by Crippen LogP contribution is 2.59. The molecular formula is C20H28NO4P. The van der Waals surface area contributed by atoms with Crippen molar-refractivity contribution in [1.82, 2.24) is 0 Å². The molecule has 0 aromatic heterocycles. The number of para-hydroxylation sites is 1. The molecule has 2 atom stereocenters. The van der Waals surface area contributed by atoms with E-state index in [9.17, 15) is 9.67 Å². The Kier molecular flexibility index (Phi) is 6.87. The number of rotatable bonds is 8. The van der Waals surface area contributed by atoms with Gasteiger partial charge in [-0.2, -0.15) is 0 Å². The molecule has 2 rings (SSSR count). The molecule has 0 aliphatic heterocycles. The lowest BCUT2D eigenvalue weighted by Crippen LogP contribution is -2.17. The quantitative estimate of drug-likeness (QED) is 0.704. The van der Waals surface area contributed by atoms with Crippen LogP contribution in [0.5, 0.6) is 5.75 Å². The molecule has 2 aromatic rings. The van der Waals surface area contributed by atoms with Gasteiger partial charge in [0.15, 0.2) is 5.85 Å². The van der Waals surface area contributed by atoms with Gasteiger partial charge in [-0.25, -0.2) is 0 Å². The lowest BCUT2D eigenvalue weighted by molar-refractivity contribution is 0.199. The van der Waals surface area contributed by atoms with Crippen LogP contribution in [0.2, 0.25) is 0 Å². The average molecular weight is 377 g/mol. The molecule has 0 amide bonds. The number of nitrogens with zero attached hydrogens (tertiary/aromatic N) is 1. The van der Waals surface area contributed by atoms with Gasteiger partial charge in [0.05, 0.1) is 13.7 Å². The Morgan fingerprint density at radius 3 is 2.23 bits per heavy atom. The highest BCUT2D eigenvalue weighted by atomic mass is 31.2. The van der Waals surface area contributed by atoms with Gasteiger partial charge in [-0.15, -0.1) is 0 Å². The summed E-state index contributed by atoms with van der Waals surface area (Å²) >= 11 is 0. The van der Waals surface area contributed by atoms with Crippen molar-refractivity contribution in [2.45, 2.75) is 19.7 Å². The first-order chi connectivity index (χ1) is 12.3. The van der Waals surface area contributed by atoms with Crippen LogP contribution in [-0.2, 0) is 9.09 Å². The predicted molar refractivity (Wildman–Crippen MR) is 107 cm³/mol. The van der Waals surface area contributed by atoms with Gasteiger partial charge in [0.2, 0.25) is 0 Å². The molecule has 1 N–H and O–H groups in total. The maximum absolute atomic E-state index is 13.8. The number of aliphatic hydroxyl groups is 1. The summed E-state index contributed by atoms with van der Waals surface area (Å²) in [4.78, 5) is 1.96. The first-order valence-electron chi connectivity index (χ1n) is 8.62. The zero-order chi connectivity index (χ0) is 19.3. The number of hydrogen-bond donors (Lipinski definition) is 1. The van der Waals surface area contributed by atoms with Gasteiger partial charge in [-0.3, -0.25) is 4.57 Å². The van der Waals surface area contributed by atoms with Crippen molar-refractivity contribution in [2.24, 2.45) is 5.92 Å². The minimum absolute atomic E-state index is 0.189. The van der Waals surface area contributed by atoms with Crippen LogP contribution in [-0.4, -0.2) is 32.9 Å². The summed E-state index contributed by atoms with van der Waals surface area (Å²) < 4.78 is 25.0. The number of anilines is 1. The van der Waals surface area contributed by atoms with Crippen molar-refractivity contribution in [1.29, 1.82) is 0 Å². The van der Waals surface area contributed by atoms with Crippen molar-refractivity contribution < 1.29 is 18.9 Å². The van der Waals surface area contributed by atoms with Gasteiger partial charge in [-0.05, 0) is 36.2 Å². The third-order valence-electron chi connectivity index (χ3n) is 4.06. The summed E-state index contributed by atoms with van der Waals surface area (Å²) in [5.74, 6) is -0.630. The van der Waals surface area contributed by atoms with Crippen molar-refractivity contribution in [2.75, 3.05) is 32.7 Å². The summed E-state index contributed by atoms with van der Waals surface area (Å²) in [6.07, 6.45) is 0. The van der Waals surface area contributed by atoms with E-state index in [1.807, 2.05) is 45.0 Å². The molecule has 0 bridgehead atoms. The molecule has 0 aliphatic rings. The van der Waals surface area contributed by atoms with E-state index in [1.165, 1.54) is 7.11 Å². The Bertz CT molecular complexity index is 759. The summed E-state index contributed by atoms with van der Waals surface area (Å²) in [6, 6.07) is 14.3. The fourth-order valence-corrected chi connectivity index (χ4v) is 4.80. The molecule has 0 saturated heterocycles. The number of hydrogen-bond acceptors (Lipinski definition) is 5. The molecule has 26 heavy (non-hydrogen) atoms.